The lowest BCUT2D eigenvalue weighted by Crippen LogP contribution is -2.23. The second kappa shape index (κ2) is 6.60. The highest BCUT2D eigenvalue weighted by Crippen LogP contribution is 2.37. The average Bonchev–Trinajstić information content (AvgIpc) is 3.34. The summed E-state index contributed by atoms with van der Waals surface area (Å²) in [4.78, 5) is 16.8. The number of halogens is 3. The molecule has 1 heterocycles. The van der Waals surface area contributed by atoms with Gasteiger partial charge in [-0.05, 0) is 47.2 Å². The molecule has 0 saturated heterocycles. The summed E-state index contributed by atoms with van der Waals surface area (Å²) in [6.07, 6.45) is 3.75. The van der Waals surface area contributed by atoms with Gasteiger partial charge in [-0.2, -0.15) is 4.98 Å². The van der Waals surface area contributed by atoms with Crippen molar-refractivity contribution in [1.82, 2.24) is 9.55 Å². The molecule has 0 radical (unpaired) electrons. The van der Waals surface area contributed by atoms with Crippen LogP contribution < -0.4 is 10.3 Å². The zero-order valence-electron chi connectivity index (χ0n) is 12.2. The van der Waals surface area contributed by atoms with E-state index in [0.717, 1.165) is 25.0 Å². The van der Waals surface area contributed by atoms with Crippen molar-refractivity contribution in [3.05, 3.63) is 50.2 Å². The fourth-order valence-corrected chi connectivity index (χ4v) is 3.15. The number of aromatic nitrogens is 2. The first-order valence-corrected chi connectivity index (χ1v) is 8.95. The van der Waals surface area contributed by atoms with Crippen LogP contribution >= 0.6 is 27.7 Å². The van der Waals surface area contributed by atoms with Gasteiger partial charge in [0.25, 0.3) is 5.56 Å². The van der Waals surface area contributed by atoms with Crippen LogP contribution in [0.15, 0.2) is 32.6 Å². The zero-order valence-corrected chi connectivity index (χ0v) is 14.6. The van der Waals surface area contributed by atoms with Gasteiger partial charge in [0.05, 0.1) is 0 Å². The van der Waals surface area contributed by atoms with Crippen molar-refractivity contribution in [2.24, 2.45) is 0 Å². The van der Waals surface area contributed by atoms with E-state index in [9.17, 15) is 13.6 Å². The second-order valence-corrected chi connectivity index (χ2v) is 6.71. The van der Waals surface area contributed by atoms with Crippen LogP contribution in [0.2, 0.25) is 0 Å². The first-order valence-electron chi connectivity index (χ1n) is 6.94. The standard InChI is InChI=1S/C15H13BrF2N2O2S/c1-23-15-19-13(12(16)14(21)20(15)10-4-5-10)22-7-8-2-3-9(17)6-11(8)18/h2-3,6,10H,4-5,7H2,1H3. The number of rotatable bonds is 5. The summed E-state index contributed by atoms with van der Waals surface area (Å²) in [5, 5.41) is 0.565. The lowest BCUT2D eigenvalue weighted by Gasteiger charge is -2.13. The molecule has 1 saturated carbocycles. The van der Waals surface area contributed by atoms with Crippen LogP contribution in [0.1, 0.15) is 24.4 Å². The number of nitrogens with zero attached hydrogens (tertiary/aromatic N) is 2. The van der Waals surface area contributed by atoms with Crippen molar-refractivity contribution < 1.29 is 13.5 Å². The lowest BCUT2D eigenvalue weighted by molar-refractivity contribution is 0.279. The molecule has 23 heavy (non-hydrogen) atoms. The maximum atomic E-state index is 13.6. The molecule has 0 spiro atoms. The molecule has 1 aromatic heterocycles. The summed E-state index contributed by atoms with van der Waals surface area (Å²) in [6.45, 7) is -0.140. The van der Waals surface area contributed by atoms with Crippen molar-refractivity contribution in [3.63, 3.8) is 0 Å². The van der Waals surface area contributed by atoms with E-state index in [1.807, 2.05) is 6.26 Å². The molecule has 0 N–H and O–H groups in total. The number of hydrogen-bond donors (Lipinski definition) is 0. The third-order valence-electron chi connectivity index (χ3n) is 3.47. The van der Waals surface area contributed by atoms with Crippen LogP contribution in [0.25, 0.3) is 0 Å². The molecule has 0 aliphatic heterocycles. The van der Waals surface area contributed by atoms with E-state index in [0.29, 0.717) is 5.16 Å². The quantitative estimate of drug-likeness (QED) is 0.561. The van der Waals surface area contributed by atoms with Gasteiger partial charge in [-0.3, -0.25) is 9.36 Å². The number of thioether (sulfide) groups is 1. The molecular formula is C15H13BrF2N2O2S. The summed E-state index contributed by atoms with van der Waals surface area (Å²) < 4.78 is 33.9. The molecule has 1 fully saturated rings. The Kier molecular flexibility index (Phi) is 4.72. The SMILES string of the molecule is CSc1nc(OCc2ccc(F)cc2F)c(Br)c(=O)n1C1CC1. The summed E-state index contributed by atoms with van der Waals surface area (Å²) >= 11 is 4.57. The molecule has 8 heteroatoms. The molecule has 3 rings (SSSR count). The summed E-state index contributed by atoms with van der Waals surface area (Å²) in [7, 11) is 0. The topological polar surface area (TPSA) is 44.1 Å². The van der Waals surface area contributed by atoms with Gasteiger partial charge in [0, 0.05) is 17.7 Å². The third kappa shape index (κ3) is 3.42. The molecule has 122 valence electrons. The van der Waals surface area contributed by atoms with Crippen LogP contribution in [-0.4, -0.2) is 15.8 Å². The molecule has 4 nitrogen and oxygen atoms in total. The van der Waals surface area contributed by atoms with Gasteiger partial charge in [0.2, 0.25) is 5.88 Å². The number of ether oxygens (including phenoxy) is 1. The summed E-state index contributed by atoms with van der Waals surface area (Å²) in [6, 6.07) is 3.44. The van der Waals surface area contributed by atoms with Crippen LogP contribution in [0.4, 0.5) is 8.78 Å². The fraction of sp³-hybridized carbons (Fsp3) is 0.333. The highest BCUT2D eigenvalue weighted by Gasteiger charge is 2.29. The molecular weight excluding hydrogens is 390 g/mol. The Morgan fingerprint density at radius 1 is 1.43 bits per heavy atom. The Bertz CT molecular complexity index is 809. The minimum absolute atomic E-state index is 0.111. The van der Waals surface area contributed by atoms with E-state index in [-0.39, 0.29) is 34.1 Å². The third-order valence-corrected chi connectivity index (χ3v) is 4.80. The molecule has 0 atom stereocenters. The Morgan fingerprint density at radius 2 is 2.17 bits per heavy atom. The van der Waals surface area contributed by atoms with E-state index in [2.05, 4.69) is 20.9 Å². The lowest BCUT2D eigenvalue weighted by atomic mass is 10.2. The summed E-state index contributed by atoms with van der Waals surface area (Å²) in [5.41, 5.74) is -0.0152. The van der Waals surface area contributed by atoms with Gasteiger partial charge in [0.1, 0.15) is 22.7 Å². The van der Waals surface area contributed by atoms with Gasteiger partial charge in [-0.25, -0.2) is 8.78 Å². The van der Waals surface area contributed by atoms with E-state index in [1.165, 1.54) is 17.8 Å². The van der Waals surface area contributed by atoms with Gasteiger partial charge >= 0.3 is 0 Å². The van der Waals surface area contributed by atoms with E-state index in [4.69, 9.17) is 4.74 Å². The van der Waals surface area contributed by atoms with Crippen LogP contribution in [0, 0.1) is 11.6 Å². The average molecular weight is 403 g/mol. The molecule has 0 bridgehead atoms. The summed E-state index contributed by atoms with van der Waals surface area (Å²) in [5.74, 6) is -1.24. The monoisotopic (exact) mass is 402 g/mol. The second-order valence-electron chi connectivity index (χ2n) is 5.15. The predicted octanol–water partition coefficient (Wildman–Crippen LogP) is 3.92. The molecule has 1 aliphatic carbocycles. The van der Waals surface area contributed by atoms with Gasteiger partial charge in [0.15, 0.2) is 5.16 Å². The van der Waals surface area contributed by atoms with Crippen LogP contribution in [0.5, 0.6) is 5.88 Å². The Balaban J connectivity index is 1.88. The van der Waals surface area contributed by atoms with E-state index >= 15 is 0 Å². The molecule has 0 amide bonds. The van der Waals surface area contributed by atoms with Gasteiger partial charge in [-0.15, -0.1) is 0 Å². The molecule has 1 aliphatic rings. The van der Waals surface area contributed by atoms with Crippen molar-refractivity contribution in [1.29, 1.82) is 0 Å². The Morgan fingerprint density at radius 3 is 2.78 bits per heavy atom. The van der Waals surface area contributed by atoms with Crippen molar-refractivity contribution >= 4 is 27.7 Å². The molecule has 2 aromatic rings. The largest absolute Gasteiger partial charge is 0.472 e. The maximum Gasteiger partial charge on any atom is 0.272 e. The van der Waals surface area contributed by atoms with E-state index in [1.54, 1.807) is 4.57 Å². The van der Waals surface area contributed by atoms with Crippen molar-refractivity contribution in [2.75, 3.05) is 6.26 Å². The minimum Gasteiger partial charge on any atom is -0.472 e. The molecule has 0 unspecified atom stereocenters. The highest BCUT2D eigenvalue weighted by atomic mass is 79.9. The van der Waals surface area contributed by atoms with Crippen molar-refractivity contribution in [3.8, 4) is 5.88 Å². The Hall–Kier alpha value is -1.41. The van der Waals surface area contributed by atoms with Crippen LogP contribution in [0.3, 0.4) is 0 Å². The minimum atomic E-state index is -0.697. The first kappa shape index (κ1) is 16.4. The van der Waals surface area contributed by atoms with Crippen molar-refractivity contribution in [2.45, 2.75) is 30.6 Å². The predicted molar refractivity (Wildman–Crippen MR) is 86.9 cm³/mol. The van der Waals surface area contributed by atoms with Gasteiger partial charge in [-0.1, -0.05) is 11.8 Å². The number of benzene rings is 1. The fourth-order valence-electron chi connectivity index (χ4n) is 2.15. The molecule has 1 aromatic carbocycles. The normalized spacial score (nSPS) is 14.1. The highest BCUT2D eigenvalue weighted by molar-refractivity contribution is 9.10. The first-order chi connectivity index (χ1) is 11.0. The van der Waals surface area contributed by atoms with Gasteiger partial charge < -0.3 is 4.74 Å². The number of hydrogen-bond acceptors (Lipinski definition) is 4. The van der Waals surface area contributed by atoms with E-state index < -0.39 is 11.6 Å². The zero-order chi connectivity index (χ0) is 16.6. The smallest absolute Gasteiger partial charge is 0.272 e. The maximum absolute atomic E-state index is 13.6. The Labute approximate surface area is 144 Å². The van der Waals surface area contributed by atoms with Crippen LogP contribution in [-0.2, 0) is 6.61 Å².